The van der Waals surface area contributed by atoms with Crippen LogP contribution in [-0.4, -0.2) is 47.4 Å². The topological polar surface area (TPSA) is 95.9 Å². The van der Waals surface area contributed by atoms with Crippen LogP contribution in [0.2, 0.25) is 0 Å². The molecule has 0 bridgehead atoms. The van der Waals surface area contributed by atoms with Crippen LogP contribution in [0.5, 0.6) is 0 Å². The largest absolute Gasteiger partial charge is 0.466 e. The number of hydrogen-bond acceptors (Lipinski definition) is 5. The highest BCUT2D eigenvalue weighted by Gasteiger charge is 2.18. The van der Waals surface area contributed by atoms with Crippen molar-refractivity contribution >= 4 is 11.9 Å². The molecular formula is C79H151NO5. The Morgan fingerprint density at radius 2 is 0.588 bits per heavy atom. The van der Waals surface area contributed by atoms with E-state index in [1.807, 2.05) is 6.08 Å². The van der Waals surface area contributed by atoms with E-state index in [0.29, 0.717) is 19.4 Å². The minimum Gasteiger partial charge on any atom is -0.466 e. The Hall–Kier alpha value is -1.92. The molecule has 85 heavy (non-hydrogen) atoms. The number of unbranched alkanes of at least 4 members (excludes halogenated alkanes) is 58. The second-order valence-electron chi connectivity index (χ2n) is 26.7. The maximum absolute atomic E-state index is 12.5. The first-order valence-electron chi connectivity index (χ1n) is 38.8. The van der Waals surface area contributed by atoms with Gasteiger partial charge in [-0.3, -0.25) is 9.59 Å². The molecule has 6 heteroatoms. The number of carbonyl (C=O) groups is 2. The third-order valence-electron chi connectivity index (χ3n) is 18.2. The highest BCUT2D eigenvalue weighted by molar-refractivity contribution is 5.76. The molecule has 0 aromatic rings. The van der Waals surface area contributed by atoms with Crippen LogP contribution in [0.25, 0.3) is 0 Å². The normalized spacial score (nSPS) is 12.7. The molecule has 0 aliphatic carbocycles. The summed E-state index contributed by atoms with van der Waals surface area (Å²) in [6.45, 7) is 4.95. The molecular weight excluding hydrogens is 1040 g/mol. The first-order chi connectivity index (χ1) is 42.0. The van der Waals surface area contributed by atoms with Crippen molar-refractivity contribution in [2.24, 2.45) is 0 Å². The number of ether oxygens (including phenoxy) is 1. The average Bonchev–Trinajstić information content (AvgIpc) is 3.51. The Labute approximate surface area is 532 Å². The zero-order valence-electron chi connectivity index (χ0n) is 57.6. The lowest BCUT2D eigenvalue weighted by molar-refractivity contribution is -0.143. The number of carbonyl (C=O) groups excluding carboxylic acids is 2. The number of allylic oxidation sites excluding steroid dienone is 5. The number of aliphatic hydroxyl groups excluding tert-OH is 2. The predicted molar refractivity (Wildman–Crippen MR) is 375 cm³/mol. The lowest BCUT2D eigenvalue weighted by Crippen LogP contribution is -2.45. The monoisotopic (exact) mass is 1190 g/mol. The van der Waals surface area contributed by atoms with Gasteiger partial charge in [-0.05, 0) is 64.2 Å². The number of amides is 1. The SMILES string of the molecule is CCCCCCCCCCCCCCCCCCCCCC/C=C/C(O)C(CO)NC(=O)CCCCCCCCCCCCCCCCC/C=C\C/C=C\CCCCCCCCCCCOC(=O)CCCCCCCCCCCCCCCCC. The first-order valence-corrected chi connectivity index (χ1v) is 38.8. The molecule has 0 aliphatic heterocycles. The van der Waals surface area contributed by atoms with Crippen LogP contribution in [0, 0.1) is 0 Å². The van der Waals surface area contributed by atoms with E-state index in [0.717, 1.165) is 44.9 Å². The van der Waals surface area contributed by atoms with Crippen molar-refractivity contribution in [2.45, 2.75) is 443 Å². The molecule has 0 saturated carbocycles. The Balaban J connectivity index is 3.41. The van der Waals surface area contributed by atoms with Gasteiger partial charge in [0.2, 0.25) is 5.91 Å². The van der Waals surface area contributed by atoms with Gasteiger partial charge in [0.05, 0.1) is 25.4 Å². The van der Waals surface area contributed by atoms with Gasteiger partial charge < -0.3 is 20.3 Å². The summed E-state index contributed by atoms with van der Waals surface area (Å²) in [5.74, 6) is -0.0464. The summed E-state index contributed by atoms with van der Waals surface area (Å²) >= 11 is 0. The summed E-state index contributed by atoms with van der Waals surface area (Å²) in [5.41, 5.74) is 0. The van der Waals surface area contributed by atoms with Crippen molar-refractivity contribution in [3.8, 4) is 0 Å². The number of rotatable bonds is 73. The number of hydrogen-bond donors (Lipinski definition) is 3. The third-order valence-corrected chi connectivity index (χ3v) is 18.2. The van der Waals surface area contributed by atoms with Gasteiger partial charge in [0.1, 0.15) is 0 Å². The highest BCUT2D eigenvalue weighted by atomic mass is 16.5. The van der Waals surface area contributed by atoms with E-state index in [1.54, 1.807) is 6.08 Å². The van der Waals surface area contributed by atoms with Crippen molar-refractivity contribution < 1.29 is 24.5 Å². The van der Waals surface area contributed by atoms with Gasteiger partial charge in [-0.2, -0.15) is 0 Å². The van der Waals surface area contributed by atoms with Crippen molar-refractivity contribution in [1.82, 2.24) is 5.32 Å². The maximum Gasteiger partial charge on any atom is 0.305 e. The molecule has 0 aromatic carbocycles. The zero-order valence-corrected chi connectivity index (χ0v) is 57.6. The molecule has 0 saturated heterocycles. The van der Waals surface area contributed by atoms with Gasteiger partial charge in [0, 0.05) is 12.8 Å². The molecule has 6 nitrogen and oxygen atoms in total. The summed E-state index contributed by atoms with van der Waals surface area (Å²) in [5, 5.41) is 23.3. The van der Waals surface area contributed by atoms with Gasteiger partial charge >= 0.3 is 5.97 Å². The molecule has 0 fully saturated rings. The number of nitrogens with one attached hydrogen (secondary N) is 1. The molecule has 3 N–H and O–H groups in total. The second-order valence-corrected chi connectivity index (χ2v) is 26.7. The lowest BCUT2D eigenvalue weighted by atomic mass is 10.0. The summed E-state index contributed by atoms with van der Waals surface area (Å²) in [6.07, 6.45) is 96.8. The molecule has 0 radical (unpaired) electrons. The van der Waals surface area contributed by atoms with Crippen LogP contribution >= 0.6 is 0 Å². The molecule has 0 aliphatic rings. The molecule has 0 heterocycles. The van der Waals surface area contributed by atoms with Crippen LogP contribution in [0.15, 0.2) is 36.5 Å². The second kappa shape index (κ2) is 74.5. The van der Waals surface area contributed by atoms with E-state index in [4.69, 9.17) is 4.74 Å². The summed E-state index contributed by atoms with van der Waals surface area (Å²) in [7, 11) is 0. The van der Waals surface area contributed by atoms with Gasteiger partial charge in [0.25, 0.3) is 0 Å². The first kappa shape index (κ1) is 83.1. The third kappa shape index (κ3) is 71.0. The fourth-order valence-corrected chi connectivity index (χ4v) is 12.3. The summed E-state index contributed by atoms with van der Waals surface area (Å²) in [4.78, 5) is 24.6. The standard InChI is InChI=1S/C79H151NO5/c1-3-5-7-9-11-13-15-17-19-20-21-22-34-37-40-44-47-51-55-59-63-67-71-77(82)76(75-81)80-78(83)72-68-64-60-56-52-48-45-41-38-35-32-30-28-26-24-23-25-27-29-31-33-36-39-42-46-50-54-58-62-66-70-74-85-79(84)73-69-65-61-57-53-49-43-18-16-14-12-10-8-6-4-2/h25,27,31,33,67,71,76-77,81-82H,3-24,26,28-30,32,34-66,68-70,72-75H2,1-2H3,(H,80,83)/b27-25-,33-31-,71-67+. The van der Waals surface area contributed by atoms with Crippen molar-refractivity contribution in [1.29, 1.82) is 0 Å². The Kier molecular flexibility index (Phi) is 72.9. The maximum atomic E-state index is 12.5. The Morgan fingerprint density at radius 3 is 0.894 bits per heavy atom. The predicted octanol–water partition coefficient (Wildman–Crippen LogP) is 25.4. The van der Waals surface area contributed by atoms with Crippen molar-refractivity contribution in [2.75, 3.05) is 13.2 Å². The molecule has 1 amide bonds. The minimum atomic E-state index is -0.846. The van der Waals surface area contributed by atoms with Gasteiger partial charge in [-0.25, -0.2) is 0 Å². The fraction of sp³-hybridized carbons (Fsp3) is 0.899. The average molecular weight is 1200 g/mol. The fourth-order valence-electron chi connectivity index (χ4n) is 12.3. The van der Waals surface area contributed by atoms with Crippen molar-refractivity contribution in [3.63, 3.8) is 0 Å². The van der Waals surface area contributed by atoms with Gasteiger partial charge in [0.15, 0.2) is 0 Å². The quantitative estimate of drug-likeness (QED) is 0.0320. The van der Waals surface area contributed by atoms with Crippen LogP contribution in [0.1, 0.15) is 431 Å². The molecule has 2 unspecified atom stereocenters. The molecule has 0 aromatic heterocycles. The lowest BCUT2D eigenvalue weighted by Gasteiger charge is -2.20. The zero-order chi connectivity index (χ0) is 61.3. The Bertz CT molecular complexity index is 1380. The van der Waals surface area contributed by atoms with E-state index >= 15 is 0 Å². The smallest absolute Gasteiger partial charge is 0.305 e. The molecule has 0 spiro atoms. The summed E-state index contributed by atoms with van der Waals surface area (Å²) in [6, 6.07) is -0.629. The van der Waals surface area contributed by atoms with E-state index in [2.05, 4.69) is 43.5 Å². The van der Waals surface area contributed by atoms with E-state index < -0.39 is 12.1 Å². The van der Waals surface area contributed by atoms with Crippen LogP contribution in [-0.2, 0) is 14.3 Å². The van der Waals surface area contributed by atoms with Crippen LogP contribution in [0.4, 0.5) is 0 Å². The van der Waals surface area contributed by atoms with Crippen LogP contribution in [0.3, 0.4) is 0 Å². The number of aliphatic hydroxyl groups is 2. The van der Waals surface area contributed by atoms with Gasteiger partial charge in [-0.1, -0.05) is 391 Å². The van der Waals surface area contributed by atoms with Crippen molar-refractivity contribution in [3.05, 3.63) is 36.5 Å². The van der Waals surface area contributed by atoms with E-state index in [9.17, 15) is 19.8 Å². The van der Waals surface area contributed by atoms with Crippen LogP contribution < -0.4 is 5.32 Å². The van der Waals surface area contributed by atoms with Gasteiger partial charge in [-0.15, -0.1) is 0 Å². The van der Waals surface area contributed by atoms with E-state index in [1.165, 1.54) is 360 Å². The molecule has 502 valence electrons. The van der Waals surface area contributed by atoms with E-state index in [-0.39, 0.29) is 18.5 Å². The number of esters is 1. The highest BCUT2D eigenvalue weighted by Crippen LogP contribution is 2.19. The molecule has 2 atom stereocenters. The summed E-state index contributed by atoms with van der Waals surface area (Å²) < 4.78 is 5.50. The molecule has 0 rings (SSSR count). The minimum absolute atomic E-state index is 0.0165. The Morgan fingerprint density at radius 1 is 0.329 bits per heavy atom.